The van der Waals surface area contributed by atoms with Crippen molar-refractivity contribution >= 4 is 17.7 Å². The molecule has 0 amide bonds. The molecule has 0 unspecified atom stereocenters. The maximum atomic E-state index is 13.5. The van der Waals surface area contributed by atoms with E-state index in [1.165, 1.54) is 14.0 Å². The third-order valence-electron chi connectivity index (χ3n) is 9.12. The Kier molecular flexibility index (Phi) is 4.86. The summed E-state index contributed by atoms with van der Waals surface area (Å²) in [6, 6.07) is 0. The molecule has 8 atom stereocenters. The monoisotopic (exact) mass is 390 g/mol. The van der Waals surface area contributed by atoms with Crippen LogP contribution < -0.4 is 0 Å². The first-order valence-corrected chi connectivity index (χ1v) is 11.0. The van der Waals surface area contributed by atoms with E-state index >= 15 is 0 Å². The first-order chi connectivity index (χ1) is 13.2. The Bertz CT molecular complexity index is 686. The topological polar surface area (TPSA) is 69.7 Å². The minimum Gasteiger partial charge on any atom is -0.469 e. The van der Waals surface area contributed by atoms with Gasteiger partial charge in [0.25, 0.3) is 0 Å². The highest BCUT2D eigenvalue weighted by Crippen LogP contribution is 2.66. The maximum Gasteiger partial charge on any atom is 0.309 e. The van der Waals surface area contributed by atoms with Crippen molar-refractivity contribution in [2.45, 2.75) is 78.2 Å². The van der Waals surface area contributed by atoms with Crippen LogP contribution >= 0.6 is 0 Å². The van der Waals surface area contributed by atoms with Crippen LogP contribution in [0.15, 0.2) is 0 Å². The molecule has 4 fully saturated rings. The van der Waals surface area contributed by atoms with Crippen molar-refractivity contribution in [1.29, 1.82) is 0 Å². The summed E-state index contributed by atoms with van der Waals surface area (Å²) in [4.78, 5) is 37.3. The molecular formula is C23H34O5. The first-order valence-electron chi connectivity index (χ1n) is 11.0. The Hall–Kier alpha value is -1.39. The smallest absolute Gasteiger partial charge is 0.309 e. The van der Waals surface area contributed by atoms with Crippen molar-refractivity contribution in [3.8, 4) is 0 Å². The lowest BCUT2D eigenvalue weighted by Gasteiger charge is -2.59. The summed E-state index contributed by atoms with van der Waals surface area (Å²) in [5.41, 5.74) is -0.245. The largest absolute Gasteiger partial charge is 0.469 e. The molecule has 156 valence electrons. The average Bonchev–Trinajstić information content (AvgIpc) is 2.97. The van der Waals surface area contributed by atoms with Gasteiger partial charge in [-0.15, -0.1) is 0 Å². The van der Waals surface area contributed by atoms with Crippen LogP contribution in [0, 0.1) is 40.4 Å². The zero-order valence-electron chi connectivity index (χ0n) is 17.7. The second-order valence-electron chi connectivity index (χ2n) is 10.3. The van der Waals surface area contributed by atoms with E-state index < -0.39 is 0 Å². The van der Waals surface area contributed by atoms with Crippen molar-refractivity contribution in [3.05, 3.63) is 0 Å². The van der Waals surface area contributed by atoms with Gasteiger partial charge in [0.05, 0.1) is 13.0 Å². The van der Waals surface area contributed by atoms with Crippen LogP contribution in [0.3, 0.4) is 0 Å². The van der Waals surface area contributed by atoms with Gasteiger partial charge in [-0.3, -0.25) is 14.4 Å². The molecule has 0 aromatic rings. The van der Waals surface area contributed by atoms with Crippen LogP contribution in [0.2, 0.25) is 0 Å². The Morgan fingerprint density at radius 3 is 2.46 bits per heavy atom. The van der Waals surface area contributed by atoms with Gasteiger partial charge in [0.1, 0.15) is 11.9 Å². The van der Waals surface area contributed by atoms with Gasteiger partial charge >= 0.3 is 11.9 Å². The van der Waals surface area contributed by atoms with Crippen LogP contribution in [0.25, 0.3) is 0 Å². The number of fused-ring (bicyclic) bond motifs is 5. The summed E-state index contributed by atoms with van der Waals surface area (Å²) in [7, 11) is 1.46. The number of hydrogen-bond donors (Lipinski definition) is 0. The number of rotatable bonds is 2. The van der Waals surface area contributed by atoms with Crippen molar-refractivity contribution in [3.63, 3.8) is 0 Å². The van der Waals surface area contributed by atoms with Gasteiger partial charge in [0.15, 0.2) is 0 Å². The predicted molar refractivity (Wildman–Crippen MR) is 103 cm³/mol. The van der Waals surface area contributed by atoms with E-state index in [1.54, 1.807) is 0 Å². The molecule has 0 N–H and O–H groups in total. The summed E-state index contributed by atoms with van der Waals surface area (Å²) < 4.78 is 10.6. The second-order valence-corrected chi connectivity index (χ2v) is 10.3. The Morgan fingerprint density at radius 2 is 1.79 bits per heavy atom. The number of ketones is 1. The van der Waals surface area contributed by atoms with Crippen molar-refractivity contribution in [2.24, 2.45) is 40.4 Å². The lowest BCUT2D eigenvalue weighted by Crippen LogP contribution is -2.58. The molecule has 0 heterocycles. The summed E-state index contributed by atoms with van der Waals surface area (Å²) in [5.74, 6) is 1.23. The quantitative estimate of drug-likeness (QED) is 0.668. The number of esters is 2. The number of hydrogen-bond acceptors (Lipinski definition) is 5. The molecule has 0 bridgehead atoms. The molecule has 0 saturated heterocycles. The van der Waals surface area contributed by atoms with E-state index in [1.807, 2.05) is 0 Å². The molecule has 5 heteroatoms. The third kappa shape index (κ3) is 2.83. The van der Waals surface area contributed by atoms with Gasteiger partial charge in [-0.05, 0) is 73.5 Å². The predicted octanol–water partition coefficient (Wildman–Crippen LogP) is 3.93. The zero-order chi connectivity index (χ0) is 20.3. The molecular weight excluding hydrogens is 356 g/mol. The third-order valence-corrected chi connectivity index (χ3v) is 9.12. The number of Topliss-reactive ketones (excluding diaryl/α,β-unsaturated/α-hetero) is 1. The van der Waals surface area contributed by atoms with Crippen LogP contribution in [0.4, 0.5) is 0 Å². The molecule has 0 aromatic heterocycles. The van der Waals surface area contributed by atoms with Crippen LogP contribution in [0.1, 0.15) is 72.1 Å². The summed E-state index contributed by atoms with van der Waals surface area (Å²) in [6.07, 6.45) is 7.23. The van der Waals surface area contributed by atoms with Gasteiger partial charge in [0, 0.05) is 19.3 Å². The molecule has 4 aliphatic rings. The number of carbonyl (C=O) groups excluding carboxylic acids is 3. The van der Waals surface area contributed by atoms with E-state index in [9.17, 15) is 14.4 Å². The van der Waals surface area contributed by atoms with Gasteiger partial charge in [-0.25, -0.2) is 0 Å². The average molecular weight is 391 g/mol. The van der Waals surface area contributed by atoms with Crippen LogP contribution in [0.5, 0.6) is 0 Å². The molecule has 5 nitrogen and oxygen atoms in total. The summed E-state index contributed by atoms with van der Waals surface area (Å²) in [6.45, 7) is 5.95. The number of methoxy groups -OCH3 is 1. The van der Waals surface area contributed by atoms with Crippen molar-refractivity contribution in [2.75, 3.05) is 7.11 Å². The fraction of sp³-hybridized carbons (Fsp3) is 0.870. The highest BCUT2D eigenvalue weighted by molar-refractivity contribution is 5.86. The fourth-order valence-corrected chi connectivity index (χ4v) is 7.90. The van der Waals surface area contributed by atoms with Crippen molar-refractivity contribution in [1.82, 2.24) is 0 Å². The lowest BCUT2D eigenvalue weighted by atomic mass is 9.44. The molecule has 0 aromatic carbocycles. The van der Waals surface area contributed by atoms with E-state index in [0.717, 1.165) is 44.9 Å². The highest BCUT2D eigenvalue weighted by Gasteiger charge is 2.64. The van der Waals surface area contributed by atoms with Crippen molar-refractivity contribution < 1.29 is 23.9 Å². The maximum absolute atomic E-state index is 13.5. The van der Waals surface area contributed by atoms with Gasteiger partial charge in [-0.1, -0.05) is 13.8 Å². The Labute approximate surface area is 167 Å². The van der Waals surface area contributed by atoms with E-state index in [4.69, 9.17) is 9.47 Å². The minimum absolute atomic E-state index is 0.00132. The van der Waals surface area contributed by atoms with Gasteiger partial charge < -0.3 is 9.47 Å². The fourth-order valence-electron chi connectivity index (χ4n) is 7.90. The van der Waals surface area contributed by atoms with Crippen LogP contribution in [-0.2, 0) is 23.9 Å². The Morgan fingerprint density at radius 1 is 1.04 bits per heavy atom. The van der Waals surface area contributed by atoms with E-state index in [0.29, 0.717) is 30.0 Å². The molecule has 0 radical (unpaired) electrons. The molecule has 0 aliphatic heterocycles. The molecule has 28 heavy (non-hydrogen) atoms. The highest BCUT2D eigenvalue weighted by atomic mass is 16.5. The molecule has 4 rings (SSSR count). The normalized spacial score (nSPS) is 47.5. The summed E-state index contributed by atoms with van der Waals surface area (Å²) in [5, 5.41) is 0. The number of ether oxygens (including phenoxy) is 2. The standard InChI is InChI=1S/C23H34O5/c1-13(24)28-15-9-10-22(2)14(11-15)5-6-16-17-7-8-18(21(26)27-4)23(17,3)12-19(25)20(16)22/h14-18,20H,5-12H2,1-4H3/t14-,15-,16+,17+,18-,20-,22-,23-/m0/s1. The van der Waals surface area contributed by atoms with E-state index in [-0.39, 0.29) is 40.7 Å². The molecule has 4 aliphatic carbocycles. The Balaban J connectivity index is 1.59. The SMILES string of the molecule is COC(=O)[C@@H]1CC[C@@H]2[C@H]3CC[C@H]4C[C@@H](OC(C)=O)CC[C@]4(C)[C@@H]3C(=O)C[C@@]21C. The second kappa shape index (κ2) is 6.84. The van der Waals surface area contributed by atoms with Gasteiger partial charge in [-0.2, -0.15) is 0 Å². The van der Waals surface area contributed by atoms with E-state index in [2.05, 4.69) is 13.8 Å². The first kappa shape index (κ1) is 19.9. The number of carbonyl (C=O) groups is 3. The molecule has 4 saturated carbocycles. The lowest BCUT2D eigenvalue weighted by molar-refractivity contribution is -0.172. The van der Waals surface area contributed by atoms with Gasteiger partial charge in [0.2, 0.25) is 0 Å². The molecule has 0 spiro atoms. The van der Waals surface area contributed by atoms with Crippen LogP contribution in [-0.4, -0.2) is 30.9 Å². The minimum atomic E-state index is -0.247. The zero-order valence-corrected chi connectivity index (χ0v) is 17.7. The summed E-state index contributed by atoms with van der Waals surface area (Å²) >= 11 is 0.